The van der Waals surface area contributed by atoms with E-state index in [-0.39, 0.29) is 12.2 Å². The minimum atomic E-state index is -0.637. The largest absolute Gasteiger partial charge is 0.489 e. The molecule has 1 aromatic heterocycles. The van der Waals surface area contributed by atoms with Crippen LogP contribution in [-0.2, 0) is 16.1 Å². The predicted octanol–water partition coefficient (Wildman–Crippen LogP) is 4.44. The second-order valence-electron chi connectivity index (χ2n) is 9.63. The summed E-state index contributed by atoms with van der Waals surface area (Å²) < 4.78 is 13.4. The molecule has 0 amide bonds. The van der Waals surface area contributed by atoms with Crippen LogP contribution in [0, 0.1) is 0 Å². The first-order chi connectivity index (χ1) is 19.4. The van der Waals surface area contributed by atoms with Crippen molar-refractivity contribution < 1.29 is 14.3 Å². The summed E-state index contributed by atoms with van der Waals surface area (Å²) in [4.78, 5) is 34.1. The molecule has 1 aliphatic rings. The highest BCUT2D eigenvalue weighted by Crippen LogP contribution is 2.31. The average Bonchev–Trinajstić information content (AvgIpc) is 3.26. The molecule has 0 saturated carbocycles. The van der Waals surface area contributed by atoms with E-state index in [1.54, 1.807) is 18.4 Å². The van der Waals surface area contributed by atoms with Gasteiger partial charge in [0.2, 0.25) is 0 Å². The van der Waals surface area contributed by atoms with Gasteiger partial charge < -0.3 is 14.4 Å². The topological polar surface area (TPSA) is 73.1 Å². The van der Waals surface area contributed by atoms with Gasteiger partial charge in [0.1, 0.15) is 12.4 Å². The van der Waals surface area contributed by atoms with Gasteiger partial charge >= 0.3 is 5.97 Å². The summed E-state index contributed by atoms with van der Waals surface area (Å²) >= 11 is 1.31. The normalized spacial score (nSPS) is 14.9. The number of carbonyl (C=O) groups excluding carboxylic acids is 1. The molecule has 204 valence electrons. The number of thiazole rings is 1. The van der Waals surface area contributed by atoms with E-state index in [9.17, 15) is 9.59 Å². The molecule has 0 radical (unpaired) electrons. The minimum Gasteiger partial charge on any atom is -0.489 e. The Balaban J connectivity index is 1.51. The first kappa shape index (κ1) is 27.1. The molecule has 0 spiro atoms. The van der Waals surface area contributed by atoms with Crippen molar-refractivity contribution in [3.63, 3.8) is 0 Å². The van der Waals surface area contributed by atoms with Crippen LogP contribution in [0.1, 0.15) is 36.6 Å². The van der Waals surface area contributed by atoms with Crippen molar-refractivity contribution in [3.8, 4) is 5.75 Å². The SMILES string of the molecule is CCOC(=O)C1=C(C)N=c2s/c(=C\c3ccc(OCc4ccccc4)cc3)c(=O)n2C1c1ccc(N(C)C)cc1. The molecular formula is C32H31N3O4S. The number of rotatable bonds is 8. The Morgan fingerprint density at radius 2 is 1.73 bits per heavy atom. The Kier molecular flexibility index (Phi) is 7.98. The summed E-state index contributed by atoms with van der Waals surface area (Å²) in [5.74, 6) is 0.282. The molecule has 5 rings (SSSR count). The van der Waals surface area contributed by atoms with Crippen molar-refractivity contribution in [3.05, 3.63) is 127 Å². The number of ether oxygens (including phenoxy) is 2. The highest BCUT2D eigenvalue weighted by atomic mass is 32.1. The fourth-order valence-corrected chi connectivity index (χ4v) is 5.66. The molecule has 0 saturated heterocycles. The molecular weight excluding hydrogens is 522 g/mol. The van der Waals surface area contributed by atoms with Gasteiger partial charge in [0.15, 0.2) is 4.80 Å². The summed E-state index contributed by atoms with van der Waals surface area (Å²) in [5, 5.41) is 0. The smallest absolute Gasteiger partial charge is 0.338 e. The third kappa shape index (κ3) is 5.62. The lowest BCUT2D eigenvalue weighted by atomic mass is 9.95. The summed E-state index contributed by atoms with van der Waals surface area (Å²) in [7, 11) is 3.93. The molecule has 0 bridgehead atoms. The van der Waals surface area contributed by atoms with Crippen molar-refractivity contribution in [1.29, 1.82) is 0 Å². The van der Waals surface area contributed by atoms with Crippen LogP contribution in [0.25, 0.3) is 6.08 Å². The van der Waals surface area contributed by atoms with Gasteiger partial charge in [0.05, 0.1) is 28.5 Å². The Hall–Kier alpha value is -4.43. The maximum Gasteiger partial charge on any atom is 0.338 e. The Labute approximate surface area is 237 Å². The van der Waals surface area contributed by atoms with E-state index in [0.29, 0.717) is 27.2 Å². The summed E-state index contributed by atoms with van der Waals surface area (Å²) in [6.45, 7) is 4.27. The van der Waals surface area contributed by atoms with Gasteiger partial charge in [0.25, 0.3) is 5.56 Å². The number of esters is 1. The number of nitrogens with zero attached hydrogens (tertiary/aromatic N) is 3. The van der Waals surface area contributed by atoms with Gasteiger partial charge in [-0.05, 0) is 60.9 Å². The lowest BCUT2D eigenvalue weighted by molar-refractivity contribution is -0.139. The monoisotopic (exact) mass is 553 g/mol. The van der Waals surface area contributed by atoms with E-state index in [0.717, 1.165) is 28.1 Å². The molecule has 40 heavy (non-hydrogen) atoms. The number of anilines is 1. The van der Waals surface area contributed by atoms with Crippen molar-refractivity contribution in [2.45, 2.75) is 26.5 Å². The minimum absolute atomic E-state index is 0.205. The molecule has 2 heterocycles. The fraction of sp³-hybridized carbons (Fsp3) is 0.219. The summed E-state index contributed by atoms with van der Waals surface area (Å²) in [6.07, 6.45) is 1.85. The molecule has 0 aliphatic carbocycles. The summed E-state index contributed by atoms with van der Waals surface area (Å²) in [5.41, 5.74) is 4.51. The zero-order valence-corrected chi connectivity index (χ0v) is 23.8. The second-order valence-corrected chi connectivity index (χ2v) is 10.6. The standard InChI is InChI=1S/C32H31N3O4S/c1-5-38-31(37)28-21(2)33-32-35(29(28)24-13-15-25(16-14-24)34(3)4)30(36)27(40-32)19-22-11-17-26(18-12-22)39-20-23-9-7-6-8-10-23/h6-19,29H,5,20H2,1-4H3/b27-19-. The molecule has 4 aromatic rings. The van der Waals surface area contributed by atoms with Crippen LogP contribution in [-0.4, -0.2) is 31.2 Å². The van der Waals surface area contributed by atoms with E-state index in [1.807, 2.05) is 104 Å². The maximum atomic E-state index is 13.8. The van der Waals surface area contributed by atoms with Gasteiger partial charge in [0, 0.05) is 19.8 Å². The Morgan fingerprint density at radius 3 is 2.38 bits per heavy atom. The highest BCUT2D eigenvalue weighted by molar-refractivity contribution is 7.07. The molecule has 8 heteroatoms. The molecule has 1 atom stereocenters. The maximum absolute atomic E-state index is 13.8. The van der Waals surface area contributed by atoms with Gasteiger partial charge in [-0.3, -0.25) is 9.36 Å². The van der Waals surface area contributed by atoms with E-state index in [1.165, 1.54) is 11.3 Å². The number of aromatic nitrogens is 1. The Morgan fingerprint density at radius 1 is 1.02 bits per heavy atom. The van der Waals surface area contributed by atoms with Gasteiger partial charge in [-0.15, -0.1) is 0 Å². The number of carbonyl (C=O) groups is 1. The van der Waals surface area contributed by atoms with Crippen LogP contribution in [0.4, 0.5) is 5.69 Å². The molecule has 0 fully saturated rings. The number of benzene rings is 3. The first-order valence-corrected chi connectivity index (χ1v) is 13.9. The van der Waals surface area contributed by atoms with Crippen LogP contribution in [0.5, 0.6) is 5.75 Å². The number of hydrogen-bond acceptors (Lipinski definition) is 7. The van der Waals surface area contributed by atoms with Crippen molar-refractivity contribution in [2.24, 2.45) is 4.99 Å². The van der Waals surface area contributed by atoms with E-state index in [4.69, 9.17) is 9.47 Å². The highest BCUT2D eigenvalue weighted by Gasteiger charge is 2.33. The third-order valence-electron chi connectivity index (χ3n) is 6.67. The average molecular weight is 554 g/mol. The van der Waals surface area contributed by atoms with Crippen LogP contribution >= 0.6 is 11.3 Å². The van der Waals surface area contributed by atoms with Gasteiger partial charge in [-0.1, -0.05) is 65.9 Å². The quantitative estimate of drug-likeness (QED) is 0.302. The second kappa shape index (κ2) is 11.8. The fourth-order valence-electron chi connectivity index (χ4n) is 4.61. The number of fused-ring (bicyclic) bond motifs is 1. The lowest BCUT2D eigenvalue weighted by Gasteiger charge is -2.25. The van der Waals surface area contributed by atoms with E-state index >= 15 is 0 Å². The molecule has 1 aliphatic heterocycles. The van der Waals surface area contributed by atoms with E-state index in [2.05, 4.69) is 4.99 Å². The van der Waals surface area contributed by atoms with E-state index < -0.39 is 12.0 Å². The molecule has 7 nitrogen and oxygen atoms in total. The van der Waals surface area contributed by atoms with Crippen molar-refractivity contribution >= 4 is 29.1 Å². The van der Waals surface area contributed by atoms with Crippen molar-refractivity contribution in [1.82, 2.24) is 4.57 Å². The first-order valence-electron chi connectivity index (χ1n) is 13.1. The predicted molar refractivity (Wildman–Crippen MR) is 158 cm³/mol. The van der Waals surface area contributed by atoms with Crippen LogP contribution in [0.3, 0.4) is 0 Å². The van der Waals surface area contributed by atoms with Crippen molar-refractivity contribution in [2.75, 3.05) is 25.6 Å². The van der Waals surface area contributed by atoms with Crippen LogP contribution in [0.2, 0.25) is 0 Å². The summed E-state index contributed by atoms with van der Waals surface area (Å²) in [6, 6.07) is 24.8. The van der Waals surface area contributed by atoms with Crippen LogP contribution in [0.15, 0.2) is 99.9 Å². The van der Waals surface area contributed by atoms with Crippen LogP contribution < -0.4 is 24.5 Å². The molecule has 1 unspecified atom stereocenters. The zero-order chi connectivity index (χ0) is 28.2. The zero-order valence-electron chi connectivity index (χ0n) is 23.0. The third-order valence-corrected chi connectivity index (χ3v) is 7.65. The number of allylic oxidation sites excluding steroid dienone is 1. The molecule has 0 N–H and O–H groups in total. The molecule has 3 aromatic carbocycles. The number of hydrogen-bond donors (Lipinski definition) is 0. The van der Waals surface area contributed by atoms with Gasteiger partial charge in [-0.2, -0.15) is 0 Å². The Bertz CT molecular complexity index is 1720. The lowest BCUT2D eigenvalue weighted by Crippen LogP contribution is -2.39. The van der Waals surface area contributed by atoms with Gasteiger partial charge in [-0.25, -0.2) is 9.79 Å².